The first-order chi connectivity index (χ1) is 7.93. The summed E-state index contributed by atoms with van der Waals surface area (Å²) < 4.78 is 0. The highest BCUT2D eigenvalue weighted by Gasteiger charge is 2.15. The second kappa shape index (κ2) is 5.65. The Morgan fingerprint density at radius 2 is 2.29 bits per heavy atom. The minimum Gasteiger partial charge on any atom is -0.340 e. The van der Waals surface area contributed by atoms with Crippen molar-refractivity contribution < 1.29 is 4.79 Å². The zero-order valence-corrected chi connectivity index (χ0v) is 10.8. The van der Waals surface area contributed by atoms with Gasteiger partial charge in [0.05, 0.1) is 12.0 Å². The van der Waals surface area contributed by atoms with E-state index in [0.717, 1.165) is 0 Å². The molecule has 0 N–H and O–H groups in total. The molecule has 0 aromatic carbocycles. The Bertz CT molecular complexity index is 447. The molecule has 0 spiro atoms. The fourth-order valence-corrected chi connectivity index (χ4v) is 1.76. The van der Waals surface area contributed by atoms with E-state index < -0.39 is 0 Å². The molecule has 0 aliphatic heterocycles. The highest BCUT2D eigenvalue weighted by atomic mass is 35.5. The van der Waals surface area contributed by atoms with Crippen molar-refractivity contribution in [1.29, 1.82) is 5.26 Å². The van der Waals surface area contributed by atoms with E-state index in [1.54, 1.807) is 27.0 Å². The quantitative estimate of drug-likeness (QED) is 0.775. The van der Waals surface area contributed by atoms with Crippen LogP contribution < -0.4 is 0 Å². The summed E-state index contributed by atoms with van der Waals surface area (Å²) in [5.41, 5.74) is 1.19. The van der Waals surface area contributed by atoms with Crippen molar-refractivity contribution in [2.75, 3.05) is 13.6 Å². The molecule has 0 bridgehead atoms. The third kappa shape index (κ3) is 3.72. The lowest BCUT2D eigenvalue weighted by Crippen LogP contribution is -2.30. The Kier molecular flexibility index (Phi) is 4.47. The van der Waals surface area contributed by atoms with Crippen LogP contribution in [0.4, 0.5) is 0 Å². The summed E-state index contributed by atoms with van der Waals surface area (Å²) in [7, 11) is 1.67. The van der Waals surface area contributed by atoms with Crippen LogP contribution in [0.15, 0.2) is 12.1 Å². The van der Waals surface area contributed by atoms with Gasteiger partial charge in [-0.1, -0.05) is 11.6 Å². The maximum Gasteiger partial charge on any atom is 0.253 e. The number of carbonyl (C=O) groups is 1. The minimum atomic E-state index is -0.192. The van der Waals surface area contributed by atoms with Crippen LogP contribution in [0.25, 0.3) is 0 Å². The summed E-state index contributed by atoms with van der Waals surface area (Å²) in [5.74, 6) is -0.346. The van der Waals surface area contributed by atoms with Crippen molar-refractivity contribution in [2.45, 2.75) is 13.8 Å². The van der Waals surface area contributed by atoms with Crippen LogP contribution in [-0.4, -0.2) is 29.4 Å². The minimum absolute atomic E-state index is 0.153. The van der Waals surface area contributed by atoms with Crippen molar-refractivity contribution in [3.05, 3.63) is 28.5 Å². The first-order valence-electron chi connectivity index (χ1n) is 5.23. The molecule has 0 aliphatic rings. The number of rotatable bonds is 3. The molecule has 1 atom stereocenters. The molecule has 0 radical (unpaired) electrons. The number of hydrogen-bond acceptors (Lipinski definition) is 3. The lowest BCUT2D eigenvalue weighted by Gasteiger charge is -2.18. The molecule has 0 saturated carbocycles. The molecule has 0 aliphatic carbocycles. The van der Waals surface area contributed by atoms with Crippen LogP contribution >= 0.6 is 11.6 Å². The van der Waals surface area contributed by atoms with E-state index in [9.17, 15) is 4.79 Å². The number of nitriles is 1. The van der Waals surface area contributed by atoms with Crippen LogP contribution in [0.5, 0.6) is 0 Å². The van der Waals surface area contributed by atoms with Crippen molar-refractivity contribution in [1.82, 2.24) is 9.88 Å². The maximum atomic E-state index is 12.0. The standard InChI is InChI=1S/C12H14ClN3O/c1-8(6-14)7-16(3)12(17)10-4-9(2)15-11(13)5-10/h4-5,8H,7H2,1-3H3. The molecule has 1 rings (SSSR count). The Morgan fingerprint density at radius 1 is 1.65 bits per heavy atom. The van der Waals surface area contributed by atoms with Gasteiger partial charge in [-0.3, -0.25) is 4.79 Å². The molecule has 90 valence electrons. The molecule has 1 aromatic rings. The lowest BCUT2D eigenvalue weighted by molar-refractivity contribution is 0.0785. The predicted octanol–water partition coefficient (Wildman–Crippen LogP) is 2.28. The molecule has 1 unspecified atom stereocenters. The molecular formula is C12H14ClN3O. The average molecular weight is 252 g/mol. The van der Waals surface area contributed by atoms with E-state index in [1.165, 1.54) is 11.0 Å². The van der Waals surface area contributed by atoms with Crippen LogP contribution in [0.1, 0.15) is 23.0 Å². The number of halogens is 1. The predicted molar refractivity (Wildman–Crippen MR) is 65.7 cm³/mol. The normalized spacial score (nSPS) is 11.7. The van der Waals surface area contributed by atoms with Gasteiger partial charge in [-0.05, 0) is 26.0 Å². The van der Waals surface area contributed by atoms with E-state index in [4.69, 9.17) is 16.9 Å². The summed E-state index contributed by atoms with van der Waals surface area (Å²) in [6.45, 7) is 3.95. The Labute approximate surface area is 106 Å². The first kappa shape index (κ1) is 13.5. The second-order valence-electron chi connectivity index (χ2n) is 4.04. The molecule has 1 aromatic heterocycles. The largest absolute Gasteiger partial charge is 0.340 e. The van der Waals surface area contributed by atoms with Gasteiger partial charge < -0.3 is 4.90 Å². The Balaban J connectivity index is 2.86. The number of amides is 1. The number of pyridine rings is 1. The van der Waals surface area contributed by atoms with Gasteiger partial charge in [-0.2, -0.15) is 5.26 Å². The van der Waals surface area contributed by atoms with Gasteiger partial charge in [-0.25, -0.2) is 4.98 Å². The fourth-order valence-electron chi connectivity index (χ4n) is 1.51. The van der Waals surface area contributed by atoms with Gasteiger partial charge in [0.15, 0.2) is 0 Å². The van der Waals surface area contributed by atoms with Gasteiger partial charge >= 0.3 is 0 Å². The molecule has 0 fully saturated rings. The van der Waals surface area contributed by atoms with Crippen LogP contribution in [0.2, 0.25) is 5.15 Å². The van der Waals surface area contributed by atoms with Crippen LogP contribution in [0, 0.1) is 24.2 Å². The summed E-state index contributed by atoms with van der Waals surface area (Å²) >= 11 is 5.80. The average Bonchev–Trinajstić information content (AvgIpc) is 2.26. The molecule has 17 heavy (non-hydrogen) atoms. The van der Waals surface area contributed by atoms with E-state index in [2.05, 4.69) is 11.1 Å². The summed E-state index contributed by atoms with van der Waals surface area (Å²) in [5, 5.41) is 9.01. The SMILES string of the molecule is Cc1cc(C(=O)N(C)CC(C)C#N)cc(Cl)n1. The Morgan fingerprint density at radius 3 is 2.82 bits per heavy atom. The molecule has 5 heteroatoms. The van der Waals surface area contributed by atoms with E-state index >= 15 is 0 Å². The monoisotopic (exact) mass is 251 g/mol. The van der Waals surface area contributed by atoms with Gasteiger partial charge in [0.25, 0.3) is 5.91 Å². The van der Waals surface area contributed by atoms with Gasteiger partial charge in [0.1, 0.15) is 5.15 Å². The number of carbonyl (C=O) groups excluding carboxylic acids is 1. The van der Waals surface area contributed by atoms with Crippen LogP contribution in [0.3, 0.4) is 0 Å². The lowest BCUT2D eigenvalue weighted by atomic mass is 10.1. The molecule has 1 amide bonds. The zero-order chi connectivity index (χ0) is 13.0. The number of nitrogens with zero attached hydrogens (tertiary/aromatic N) is 3. The van der Waals surface area contributed by atoms with E-state index in [1.807, 2.05) is 0 Å². The van der Waals surface area contributed by atoms with Gasteiger partial charge in [-0.15, -0.1) is 0 Å². The van der Waals surface area contributed by atoms with Gasteiger partial charge in [0, 0.05) is 24.8 Å². The number of aromatic nitrogens is 1. The van der Waals surface area contributed by atoms with E-state index in [0.29, 0.717) is 23.0 Å². The summed E-state index contributed by atoms with van der Waals surface area (Å²) in [6, 6.07) is 5.31. The van der Waals surface area contributed by atoms with Crippen LogP contribution in [-0.2, 0) is 0 Å². The summed E-state index contributed by atoms with van der Waals surface area (Å²) in [4.78, 5) is 17.5. The van der Waals surface area contributed by atoms with E-state index in [-0.39, 0.29) is 11.8 Å². The molecular weight excluding hydrogens is 238 g/mol. The van der Waals surface area contributed by atoms with Crippen molar-refractivity contribution >= 4 is 17.5 Å². The summed E-state index contributed by atoms with van der Waals surface area (Å²) in [6.07, 6.45) is 0. The number of hydrogen-bond donors (Lipinski definition) is 0. The molecule has 4 nitrogen and oxygen atoms in total. The highest BCUT2D eigenvalue weighted by Crippen LogP contribution is 2.12. The molecule has 0 saturated heterocycles. The zero-order valence-electron chi connectivity index (χ0n) is 10.1. The van der Waals surface area contributed by atoms with Gasteiger partial charge in [0.2, 0.25) is 0 Å². The van der Waals surface area contributed by atoms with Crippen molar-refractivity contribution in [3.8, 4) is 6.07 Å². The third-order valence-corrected chi connectivity index (χ3v) is 2.48. The molecule has 1 heterocycles. The highest BCUT2D eigenvalue weighted by molar-refractivity contribution is 6.29. The third-order valence-electron chi connectivity index (χ3n) is 2.28. The topological polar surface area (TPSA) is 57.0 Å². The van der Waals surface area contributed by atoms with Crippen molar-refractivity contribution in [3.63, 3.8) is 0 Å². The fraction of sp³-hybridized carbons (Fsp3) is 0.417. The van der Waals surface area contributed by atoms with Crippen molar-refractivity contribution in [2.24, 2.45) is 5.92 Å². The smallest absolute Gasteiger partial charge is 0.253 e. The first-order valence-corrected chi connectivity index (χ1v) is 5.61. The number of aryl methyl sites for hydroxylation is 1. The second-order valence-corrected chi connectivity index (χ2v) is 4.42. The Hall–Kier alpha value is -1.60. The maximum absolute atomic E-state index is 12.0.